The number of rotatable bonds is 1. The molecule has 1 aliphatic heterocycles. The Bertz CT molecular complexity index is 698. The summed E-state index contributed by atoms with van der Waals surface area (Å²) in [5, 5.41) is 0. The van der Waals surface area contributed by atoms with Gasteiger partial charge in [-0.15, -0.1) is 0 Å². The Balaban J connectivity index is 2.00. The first kappa shape index (κ1) is 15.0. The lowest BCUT2D eigenvalue weighted by atomic mass is 9.90. The standard InChI is InChI=1S/C17H24N4O/c1-12-19-14(9-13-10-18-11-21(12)13)15-7-5-6-8-20(15)16(22)17(2,3)4/h9-11,15H,5-8H2,1-4H3/t15-/m1/s1. The topological polar surface area (TPSA) is 50.5 Å². The van der Waals surface area contributed by atoms with E-state index in [9.17, 15) is 4.79 Å². The van der Waals surface area contributed by atoms with Gasteiger partial charge in [-0.25, -0.2) is 9.97 Å². The number of fused-ring (bicyclic) bond motifs is 1. The van der Waals surface area contributed by atoms with Crippen LogP contribution in [-0.4, -0.2) is 31.7 Å². The van der Waals surface area contributed by atoms with Crippen LogP contribution in [0.2, 0.25) is 0 Å². The van der Waals surface area contributed by atoms with Crippen LogP contribution in [0.3, 0.4) is 0 Å². The minimum Gasteiger partial charge on any atom is -0.334 e. The zero-order chi connectivity index (χ0) is 15.9. The van der Waals surface area contributed by atoms with Crippen LogP contribution in [0.4, 0.5) is 0 Å². The fourth-order valence-electron chi connectivity index (χ4n) is 3.19. The highest BCUT2D eigenvalue weighted by Crippen LogP contribution is 2.34. The molecule has 0 bridgehead atoms. The molecular weight excluding hydrogens is 276 g/mol. The molecule has 1 atom stereocenters. The second-order valence-electron chi connectivity index (χ2n) is 7.18. The van der Waals surface area contributed by atoms with E-state index in [4.69, 9.17) is 4.98 Å². The maximum atomic E-state index is 12.8. The SMILES string of the molecule is Cc1nc([C@H]2CCCCN2C(=O)C(C)(C)C)cc2cncn12. The molecule has 2 aromatic rings. The van der Waals surface area contributed by atoms with Crippen LogP contribution in [0.5, 0.6) is 0 Å². The molecular formula is C17H24N4O. The van der Waals surface area contributed by atoms with Gasteiger partial charge in [0.05, 0.1) is 23.4 Å². The zero-order valence-corrected chi connectivity index (χ0v) is 13.8. The molecule has 1 fully saturated rings. The number of aryl methyl sites for hydroxylation is 1. The largest absolute Gasteiger partial charge is 0.334 e. The molecule has 1 aliphatic rings. The van der Waals surface area contributed by atoms with Crippen molar-refractivity contribution in [2.24, 2.45) is 5.41 Å². The second-order valence-corrected chi connectivity index (χ2v) is 7.18. The molecule has 1 amide bonds. The summed E-state index contributed by atoms with van der Waals surface area (Å²) >= 11 is 0. The van der Waals surface area contributed by atoms with Crippen LogP contribution in [0.1, 0.15) is 57.6 Å². The highest BCUT2D eigenvalue weighted by molar-refractivity contribution is 5.82. The summed E-state index contributed by atoms with van der Waals surface area (Å²) in [4.78, 5) is 23.7. The van der Waals surface area contributed by atoms with Crippen LogP contribution >= 0.6 is 0 Å². The fourth-order valence-corrected chi connectivity index (χ4v) is 3.19. The summed E-state index contributed by atoms with van der Waals surface area (Å²) in [6.45, 7) is 8.77. The van der Waals surface area contributed by atoms with E-state index in [-0.39, 0.29) is 17.4 Å². The Kier molecular flexibility index (Phi) is 3.67. The molecule has 0 unspecified atom stereocenters. The van der Waals surface area contributed by atoms with Crippen LogP contribution in [-0.2, 0) is 4.79 Å². The summed E-state index contributed by atoms with van der Waals surface area (Å²) in [7, 11) is 0. The van der Waals surface area contributed by atoms with Crippen molar-refractivity contribution in [3.8, 4) is 0 Å². The second kappa shape index (κ2) is 5.38. The lowest BCUT2D eigenvalue weighted by molar-refractivity contribution is -0.143. The average molecular weight is 300 g/mol. The number of likely N-dealkylation sites (tertiary alicyclic amines) is 1. The van der Waals surface area contributed by atoms with Gasteiger partial charge in [0, 0.05) is 12.0 Å². The molecule has 0 radical (unpaired) electrons. The number of hydrogen-bond donors (Lipinski definition) is 0. The van der Waals surface area contributed by atoms with E-state index in [1.165, 1.54) is 0 Å². The number of amides is 1. The van der Waals surface area contributed by atoms with Gasteiger partial charge in [0.15, 0.2) is 0 Å². The first-order valence-corrected chi connectivity index (χ1v) is 7.98. The minimum absolute atomic E-state index is 0.0825. The van der Waals surface area contributed by atoms with E-state index in [0.29, 0.717) is 0 Å². The molecule has 0 spiro atoms. The van der Waals surface area contributed by atoms with E-state index in [1.807, 2.05) is 43.2 Å². The lowest BCUT2D eigenvalue weighted by Gasteiger charge is -2.39. The molecule has 0 aromatic carbocycles. The minimum atomic E-state index is -0.356. The first-order valence-electron chi connectivity index (χ1n) is 7.98. The normalized spacial score (nSPS) is 19.6. The Morgan fingerprint density at radius 1 is 1.32 bits per heavy atom. The van der Waals surface area contributed by atoms with Crippen LogP contribution in [0.25, 0.3) is 5.52 Å². The maximum Gasteiger partial charge on any atom is 0.228 e. The summed E-state index contributed by atoms with van der Waals surface area (Å²) in [6, 6.07) is 2.15. The Morgan fingerprint density at radius 3 is 2.82 bits per heavy atom. The van der Waals surface area contributed by atoms with Gasteiger partial charge in [-0.1, -0.05) is 20.8 Å². The Labute approximate surface area is 131 Å². The van der Waals surface area contributed by atoms with Crippen molar-refractivity contribution in [3.05, 3.63) is 30.1 Å². The number of imidazole rings is 1. The monoisotopic (exact) mass is 300 g/mol. The quantitative estimate of drug-likeness (QED) is 0.813. The van der Waals surface area contributed by atoms with Gasteiger partial charge in [0.1, 0.15) is 12.2 Å². The lowest BCUT2D eigenvalue weighted by Crippen LogP contribution is -2.44. The van der Waals surface area contributed by atoms with Crippen LogP contribution < -0.4 is 0 Å². The van der Waals surface area contributed by atoms with E-state index >= 15 is 0 Å². The van der Waals surface area contributed by atoms with Crippen LogP contribution in [0, 0.1) is 12.3 Å². The Hall–Kier alpha value is -1.91. The number of nitrogens with zero attached hydrogens (tertiary/aromatic N) is 4. The molecule has 1 saturated heterocycles. The van der Waals surface area contributed by atoms with E-state index in [0.717, 1.165) is 42.8 Å². The highest BCUT2D eigenvalue weighted by Gasteiger charge is 2.35. The van der Waals surface area contributed by atoms with E-state index in [1.54, 1.807) is 6.33 Å². The number of aromatic nitrogens is 3. The highest BCUT2D eigenvalue weighted by atomic mass is 16.2. The summed E-state index contributed by atoms with van der Waals surface area (Å²) in [5.41, 5.74) is 1.67. The molecule has 3 heterocycles. The average Bonchev–Trinajstić information content (AvgIpc) is 2.94. The predicted octanol–water partition coefficient (Wildman–Crippen LogP) is 3.14. The fraction of sp³-hybridized carbons (Fsp3) is 0.588. The molecule has 118 valence electrons. The third-order valence-electron chi connectivity index (χ3n) is 4.35. The zero-order valence-electron chi connectivity index (χ0n) is 13.8. The molecule has 0 N–H and O–H groups in total. The molecule has 0 saturated carbocycles. The van der Waals surface area contributed by atoms with Crippen molar-refractivity contribution in [3.63, 3.8) is 0 Å². The van der Waals surface area contributed by atoms with Gasteiger partial charge in [-0.05, 0) is 32.3 Å². The molecule has 5 nitrogen and oxygen atoms in total. The van der Waals surface area contributed by atoms with Crippen molar-refractivity contribution in [2.75, 3.05) is 6.54 Å². The van der Waals surface area contributed by atoms with Crippen molar-refractivity contribution in [2.45, 2.75) is 53.0 Å². The number of carbonyl (C=O) groups is 1. The van der Waals surface area contributed by atoms with Gasteiger partial charge in [0.25, 0.3) is 0 Å². The molecule has 0 aliphatic carbocycles. The van der Waals surface area contributed by atoms with Gasteiger partial charge in [0.2, 0.25) is 5.91 Å². The van der Waals surface area contributed by atoms with Crippen molar-refractivity contribution < 1.29 is 4.79 Å². The van der Waals surface area contributed by atoms with E-state index in [2.05, 4.69) is 11.1 Å². The van der Waals surface area contributed by atoms with Crippen molar-refractivity contribution in [1.29, 1.82) is 0 Å². The van der Waals surface area contributed by atoms with Gasteiger partial charge in [-0.2, -0.15) is 0 Å². The summed E-state index contributed by atoms with van der Waals surface area (Å²) in [6.07, 6.45) is 6.83. The third-order valence-corrected chi connectivity index (χ3v) is 4.35. The summed E-state index contributed by atoms with van der Waals surface area (Å²) in [5.74, 6) is 1.13. The van der Waals surface area contributed by atoms with Crippen LogP contribution in [0.15, 0.2) is 18.6 Å². The van der Waals surface area contributed by atoms with Gasteiger partial charge >= 0.3 is 0 Å². The number of hydrogen-bond acceptors (Lipinski definition) is 3. The predicted molar refractivity (Wildman–Crippen MR) is 85.5 cm³/mol. The van der Waals surface area contributed by atoms with Crippen molar-refractivity contribution in [1.82, 2.24) is 19.3 Å². The molecule has 22 heavy (non-hydrogen) atoms. The molecule has 3 rings (SSSR count). The Morgan fingerprint density at radius 2 is 2.09 bits per heavy atom. The van der Waals surface area contributed by atoms with Crippen molar-refractivity contribution >= 4 is 11.4 Å². The summed E-state index contributed by atoms with van der Waals surface area (Å²) < 4.78 is 1.97. The smallest absolute Gasteiger partial charge is 0.228 e. The number of piperidine rings is 1. The van der Waals surface area contributed by atoms with Gasteiger partial charge < -0.3 is 4.90 Å². The molecule has 2 aromatic heterocycles. The molecule has 5 heteroatoms. The van der Waals surface area contributed by atoms with Gasteiger partial charge in [-0.3, -0.25) is 9.20 Å². The third kappa shape index (κ3) is 2.60. The van der Waals surface area contributed by atoms with E-state index < -0.39 is 0 Å². The first-order chi connectivity index (χ1) is 10.4. The number of carbonyl (C=O) groups excluding carboxylic acids is 1. The maximum absolute atomic E-state index is 12.8.